The molecular weight excluding hydrogens is 258 g/mol. The number of nitrogens with zero attached hydrogens (tertiary/aromatic N) is 3. The Bertz CT molecular complexity index is 824. The van der Waals surface area contributed by atoms with E-state index in [-0.39, 0.29) is 11.3 Å². The summed E-state index contributed by atoms with van der Waals surface area (Å²) in [5.74, 6) is -0.370. The number of aromatic nitrogens is 3. The lowest BCUT2D eigenvalue weighted by Crippen LogP contribution is -1.99. The normalized spacial score (nSPS) is 10.8. The molecule has 20 heavy (non-hydrogen) atoms. The number of phenols is 1. The highest BCUT2D eigenvalue weighted by molar-refractivity contribution is 5.87. The van der Waals surface area contributed by atoms with Gasteiger partial charge in [0.05, 0.1) is 5.56 Å². The first kappa shape index (κ1) is 12.2. The van der Waals surface area contributed by atoms with E-state index in [0.29, 0.717) is 17.0 Å². The summed E-state index contributed by atoms with van der Waals surface area (Å²) in [5.41, 5.74) is 2.12. The van der Waals surface area contributed by atoms with Crippen molar-refractivity contribution in [1.82, 2.24) is 14.6 Å². The fourth-order valence-corrected chi connectivity index (χ4v) is 1.96. The summed E-state index contributed by atoms with van der Waals surface area (Å²) >= 11 is 0. The van der Waals surface area contributed by atoms with Gasteiger partial charge in [-0.25, -0.2) is 4.79 Å². The average molecular weight is 269 g/mol. The highest BCUT2D eigenvalue weighted by atomic mass is 16.4. The van der Waals surface area contributed by atoms with Crippen LogP contribution in [0.25, 0.3) is 17.0 Å². The number of aromatic carboxylic acids is 1. The first-order valence-electron chi connectivity index (χ1n) is 5.94. The molecule has 0 radical (unpaired) electrons. The molecule has 0 unspecified atom stereocenters. The Morgan fingerprint density at radius 2 is 2.00 bits per heavy atom. The van der Waals surface area contributed by atoms with Gasteiger partial charge in [-0.1, -0.05) is 12.1 Å². The number of benzene rings is 1. The third-order valence-corrected chi connectivity index (χ3v) is 3.12. The number of fused-ring (bicyclic) bond motifs is 1. The number of rotatable bonds is 2. The molecule has 6 heteroatoms. The van der Waals surface area contributed by atoms with E-state index in [1.165, 1.54) is 12.3 Å². The average Bonchev–Trinajstić information content (AvgIpc) is 2.84. The number of carbonyl (C=O) groups is 1. The quantitative estimate of drug-likeness (QED) is 0.744. The molecule has 0 fully saturated rings. The predicted octanol–water partition coefficient (Wildman–Crippen LogP) is 2.11. The van der Waals surface area contributed by atoms with Gasteiger partial charge in [0.15, 0.2) is 11.5 Å². The standard InChI is InChI=1S/C14H11N3O3/c1-8-2-3-9(6-11(8)18)13-16-15-12-5-4-10(14(19)20)7-17(12)13/h2-7,18H,1H3,(H,19,20). The lowest BCUT2D eigenvalue weighted by atomic mass is 10.1. The fourth-order valence-electron chi connectivity index (χ4n) is 1.96. The minimum absolute atomic E-state index is 0.148. The molecular formula is C14H11N3O3. The number of phenolic OH excluding ortho intramolecular Hbond substituents is 1. The van der Waals surface area contributed by atoms with Crippen molar-refractivity contribution in [3.63, 3.8) is 0 Å². The Morgan fingerprint density at radius 1 is 1.20 bits per heavy atom. The zero-order chi connectivity index (χ0) is 14.3. The Morgan fingerprint density at radius 3 is 2.70 bits per heavy atom. The SMILES string of the molecule is Cc1ccc(-c2nnc3ccc(C(=O)O)cn23)cc1O. The van der Waals surface area contributed by atoms with Crippen LogP contribution in [0.2, 0.25) is 0 Å². The maximum absolute atomic E-state index is 11.0. The van der Waals surface area contributed by atoms with Crippen molar-refractivity contribution in [3.05, 3.63) is 47.7 Å². The van der Waals surface area contributed by atoms with Crippen LogP contribution < -0.4 is 0 Å². The van der Waals surface area contributed by atoms with Gasteiger partial charge in [0, 0.05) is 11.8 Å². The lowest BCUT2D eigenvalue weighted by molar-refractivity contribution is 0.0696. The molecule has 0 amide bonds. The molecule has 3 rings (SSSR count). The van der Waals surface area contributed by atoms with E-state index in [2.05, 4.69) is 10.2 Å². The summed E-state index contributed by atoms with van der Waals surface area (Å²) in [5, 5.41) is 26.8. The molecule has 0 aliphatic heterocycles. The molecule has 0 aliphatic rings. The third kappa shape index (κ3) is 1.87. The van der Waals surface area contributed by atoms with Crippen LogP contribution in [-0.2, 0) is 0 Å². The van der Waals surface area contributed by atoms with Crippen molar-refractivity contribution in [1.29, 1.82) is 0 Å². The molecule has 6 nitrogen and oxygen atoms in total. The van der Waals surface area contributed by atoms with Gasteiger partial charge < -0.3 is 10.2 Å². The first-order valence-corrected chi connectivity index (χ1v) is 5.94. The molecule has 0 bridgehead atoms. The van der Waals surface area contributed by atoms with Crippen LogP contribution >= 0.6 is 0 Å². The molecule has 0 saturated carbocycles. The Kier molecular flexibility index (Phi) is 2.64. The van der Waals surface area contributed by atoms with E-state index >= 15 is 0 Å². The fraction of sp³-hybridized carbons (Fsp3) is 0.0714. The Balaban J connectivity index is 2.22. The molecule has 1 aromatic carbocycles. The van der Waals surface area contributed by atoms with Crippen LogP contribution in [0, 0.1) is 6.92 Å². The molecule has 0 saturated heterocycles. The Hall–Kier alpha value is -2.89. The number of aromatic hydroxyl groups is 1. The molecule has 0 aliphatic carbocycles. The van der Waals surface area contributed by atoms with Crippen LogP contribution in [0.1, 0.15) is 15.9 Å². The van der Waals surface area contributed by atoms with E-state index in [1.54, 1.807) is 35.6 Å². The van der Waals surface area contributed by atoms with Gasteiger partial charge in [-0.2, -0.15) is 0 Å². The minimum atomic E-state index is -1.02. The van der Waals surface area contributed by atoms with Crippen LogP contribution in [0.15, 0.2) is 36.5 Å². The summed E-state index contributed by atoms with van der Waals surface area (Å²) in [6.45, 7) is 1.80. The van der Waals surface area contributed by atoms with Gasteiger partial charge in [-0.05, 0) is 30.7 Å². The summed E-state index contributed by atoms with van der Waals surface area (Å²) in [4.78, 5) is 11.0. The maximum Gasteiger partial charge on any atom is 0.337 e. The second kappa shape index (κ2) is 4.34. The highest BCUT2D eigenvalue weighted by Gasteiger charge is 2.12. The van der Waals surface area contributed by atoms with E-state index in [0.717, 1.165) is 5.56 Å². The summed E-state index contributed by atoms with van der Waals surface area (Å²) in [6, 6.07) is 8.22. The van der Waals surface area contributed by atoms with Gasteiger partial charge in [0.2, 0.25) is 0 Å². The minimum Gasteiger partial charge on any atom is -0.508 e. The van der Waals surface area contributed by atoms with Crippen molar-refractivity contribution in [2.75, 3.05) is 0 Å². The Labute approximate surface area is 113 Å². The van der Waals surface area contributed by atoms with E-state index in [4.69, 9.17) is 5.11 Å². The monoisotopic (exact) mass is 269 g/mol. The number of pyridine rings is 1. The largest absolute Gasteiger partial charge is 0.508 e. The van der Waals surface area contributed by atoms with Crippen molar-refractivity contribution in [3.8, 4) is 17.1 Å². The van der Waals surface area contributed by atoms with Crippen LogP contribution in [0.3, 0.4) is 0 Å². The number of carboxylic acids is 1. The van der Waals surface area contributed by atoms with Gasteiger partial charge in [-0.3, -0.25) is 4.40 Å². The molecule has 3 aromatic rings. The van der Waals surface area contributed by atoms with E-state index < -0.39 is 5.97 Å². The summed E-state index contributed by atoms with van der Waals surface area (Å²) < 4.78 is 1.59. The van der Waals surface area contributed by atoms with E-state index in [1.807, 2.05) is 0 Å². The zero-order valence-electron chi connectivity index (χ0n) is 10.6. The van der Waals surface area contributed by atoms with Gasteiger partial charge in [0.25, 0.3) is 0 Å². The van der Waals surface area contributed by atoms with Gasteiger partial charge in [0.1, 0.15) is 5.75 Å². The summed E-state index contributed by atoms with van der Waals surface area (Å²) in [7, 11) is 0. The van der Waals surface area contributed by atoms with Crippen LogP contribution in [0.5, 0.6) is 5.75 Å². The molecule has 0 spiro atoms. The van der Waals surface area contributed by atoms with Crippen LogP contribution in [0.4, 0.5) is 0 Å². The zero-order valence-corrected chi connectivity index (χ0v) is 10.6. The number of aryl methyl sites for hydroxylation is 1. The van der Waals surface area contributed by atoms with Crippen molar-refractivity contribution in [2.45, 2.75) is 6.92 Å². The maximum atomic E-state index is 11.0. The number of hydrogen-bond donors (Lipinski definition) is 2. The van der Waals surface area contributed by atoms with Crippen molar-refractivity contribution in [2.24, 2.45) is 0 Å². The first-order chi connectivity index (χ1) is 9.56. The lowest BCUT2D eigenvalue weighted by Gasteiger charge is -2.04. The molecule has 2 aromatic heterocycles. The topological polar surface area (TPSA) is 87.7 Å². The number of carboxylic acid groups (broad SMARTS) is 1. The van der Waals surface area contributed by atoms with Crippen LogP contribution in [-0.4, -0.2) is 30.8 Å². The summed E-state index contributed by atoms with van der Waals surface area (Å²) in [6.07, 6.45) is 1.46. The second-order valence-electron chi connectivity index (χ2n) is 4.48. The second-order valence-corrected chi connectivity index (χ2v) is 4.48. The molecule has 2 N–H and O–H groups in total. The third-order valence-electron chi connectivity index (χ3n) is 3.12. The van der Waals surface area contributed by atoms with Crippen molar-refractivity contribution >= 4 is 11.6 Å². The molecule has 0 atom stereocenters. The number of hydrogen-bond acceptors (Lipinski definition) is 4. The molecule has 2 heterocycles. The van der Waals surface area contributed by atoms with Gasteiger partial charge in [-0.15, -0.1) is 10.2 Å². The highest BCUT2D eigenvalue weighted by Crippen LogP contribution is 2.25. The van der Waals surface area contributed by atoms with E-state index in [9.17, 15) is 9.90 Å². The predicted molar refractivity (Wildman–Crippen MR) is 71.8 cm³/mol. The van der Waals surface area contributed by atoms with Crippen molar-refractivity contribution < 1.29 is 15.0 Å². The smallest absolute Gasteiger partial charge is 0.337 e. The molecule has 100 valence electrons. The van der Waals surface area contributed by atoms with Gasteiger partial charge >= 0.3 is 5.97 Å².